The van der Waals surface area contributed by atoms with Crippen molar-refractivity contribution in [3.63, 3.8) is 0 Å². The van der Waals surface area contributed by atoms with Gasteiger partial charge in [-0.1, -0.05) is 72.0 Å². The van der Waals surface area contributed by atoms with E-state index in [9.17, 15) is 4.79 Å². The molecule has 0 spiro atoms. The van der Waals surface area contributed by atoms with E-state index >= 15 is 0 Å². The predicted molar refractivity (Wildman–Crippen MR) is 139 cm³/mol. The van der Waals surface area contributed by atoms with Gasteiger partial charge in [-0.25, -0.2) is 4.98 Å². The quantitative estimate of drug-likeness (QED) is 0.387. The highest BCUT2D eigenvalue weighted by Gasteiger charge is 2.32. The smallest absolute Gasteiger partial charge is 0.266 e. The summed E-state index contributed by atoms with van der Waals surface area (Å²) in [6, 6.07) is 16.5. The van der Waals surface area contributed by atoms with Crippen molar-refractivity contribution in [3.05, 3.63) is 75.7 Å². The van der Waals surface area contributed by atoms with Crippen molar-refractivity contribution in [2.24, 2.45) is 0 Å². The summed E-state index contributed by atoms with van der Waals surface area (Å²) in [6.45, 7) is 7.51. The number of hydrogen-bond acceptors (Lipinski definition) is 6. The van der Waals surface area contributed by atoms with Crippen LogP contribution in [-0.2, 0) is 16.1 Å². The number of aromatic nitrogens is 1. The normalized spacial score (nSPS) is 18.1. The number of carbonyl (C=O) groups excluding carboxylic acids is 1. The summed E-state index contributed by atoms with van der Waals surface area (Å²) in [5.41, 5.74) is 5.32. The Morgan fingerprint density at radius 2 is 1.88 bits per heavy atom. The number of rotatable bonds is 4. The molecule has 2 saturated heterocycles. The van der Waals surface area contributed by atoms with E-state index in [2.05, 4.69) is 49.1 Å². The number of benzene rings is 2. The number of aryl methyl sites for hydroxylation is 2. The first-order valence-corrected chi connectivity index (χ1v) is 12.3. The third-order valence-electron chi connectivity index (χ3n) is 5.99. The summed E-state index contributed by atoms with van der Waals surface area (Å²) in [4.78, 5) is 22.9. The second kappa shape index (κ2) is 9.25. The van der Waals surface area contributed by atoms with Crippen LogP contribution in [0.1, 0.15) is 22.3 Å². The summed E-state index contributed by atoms with van der Waals surface area (Å²) in [5.74, 6) is 0.840. The van der Waals surface area contributed by atoms with E-state index in [-0.39, 0.29) is 5.91 Å². The monoisotopic (exact) mass is 475 g/mol. The molecule has 3 heterocycles. The van der Waals surface area contributed by atoms with Gasteiger partial charge in [0.25, 0.3) is 5.91 Å². The molecule has 7 heteroatoms. The molecule has 168 valence electrons. The van der Waals surface area contributed by atoms with Gasteiger partial charge in [0, 0.05) is 24.0 Å². The largest absolute Gasteiger partial charge is 0.378 e. The lowest BCUT2D eigenvalue weighted by Gasteiger charge is -2.29. The first-order valence-electron chi connectivity index (χ1n) is 11.0. The molecule has 5 nitrogen and oxygen atoms in total. The fourth-order valence-corrected chi connectivity index (χ4v) is 5.39. The summed E-state index contributed by atoms with van der Waals surface area (Å²) in [5, 5.41) is 1.06. The number of carbonyl (C=O) groups is 1. The number of pyridine rings is 1. The lowest BCUT2D eigenvalue weighted by atomic mass is 10.1. The van der Waals surface area contributed by atoms with Crippen LogP contribution in [0.15, 0.2) is 53.4 Å². The zero-order valence-electron chi connectivity index (χ0n) is 18.7. The third kappa shape index (κ3) is 4.53. The lowest BCUT2D eigenvalue weighted by molar-refractivity contribution is -0.122. The molecule has 0 bridgehead atoms. The molecule has 0 aliphatic carbocycles. The molecule has 2 aliphatic rings. The van der Waals surface area contributed by atoms with Gasteiger partial charge in [-0.05, 0) is 37.1 Å². The van der Waals surface area contributed by atoms with Crippen molar-refractivity contribution in [2.75, 3.05) is 31.2 Å². The second-order valence-corrected chi connectivity index (χ2v) is 10.1. The second-order valence-electron chi connectivity index (χ2n) is 8.40. The maximum atomic E-state index is 13.3. The molecule has 3 aromatic rings. The Hall–Kier alpha value is -2.74. The molecule has 1 aromatic heterocycles. The van der Waals surface area contributed by atoms with Crippen LogP contribution in [0.2, 0.25) is 0 Å². The van der Waals surface area contributed by atoms with Crippen molar-refractivity contribution in [1.29, 1.82) is 0 Å². The molecule has 0 atom stereocenters. The van der Waals surface area contributed by atoms with E-state index in [4.69, 9.17) is 21.9 Å². The van der Waals surface area contributed by atoms with Crippen molar-refractivity contribution in [3.8, 4) is 0 Å². The van der Waals surface area contributed by atoms with Gasteiger partial charge >= 0.3 is 0 Å². The van der Waals surface area contributed by atoms with Crippen LogP contribution in [0.4, 0.5) is 5.82 Å². The van der Waals surface area contributed by atoms with Gasteiger partial charge in [-0.3, -0.25) is 9.69 Å². The van der Waals surface area contributed by atoms with E-state index in [1.54, 1.807) is 4.90 Å². The van der Waals surface area contributed by atoms with E-state index in [0.717, 1.165) is 46.5 Å². The first kappa shape index (κ1) is 22.1. The lowest BCUT2D eigenvalue weighted by Crippen LogP contribution is -2.37. The van der Waals surface area contributed by atoms with Crippen LogP contribution >= 0.6 is 24.0 Å². The Morgan fingerprint density at radius 3 is 2.64 bits per heavy atom. The molecule has 2 aromatic carbocycles. The van der Waals surface area contributed by atoms with Crippen molar-refractivity contribution >= 4 is 57.0 Å². The van der Waals surface area contributed by atoms with Gasteiger partial charge in [0.15, 0.2) is 0 Å². The minimum Gasteiger partial charge on any atom is -0.378 e. The maximum Gasteiger partial charge on any atom is 0.266 e. The summed E-state index contributed by atoms with van der Waals surface area (Å²) in [6.07, 6.45) is 1.95. The number of nitrogens with zero attached hydrogens (tertiary/aromatic N) is 3. The number of hydrogen-bond donors (Lipinski definition) is 0. The van der Waals surface area contributed by atoms with Gasteiger partial charge in [-0.2, -0.15) is 0 Å². The van der Waals surface area contributed by atoms with Crippen molar-refractivity contribution in [2.45, 2.75) is 20.4 Å². The number of thioether (sulfide) groups is 1. The van der Waals surface area contributed by atoms with Gasteiger partial charge in [-0.15, -0.1) is 0 Å². The van der Waals surface area contributed by atoms with Gasteiger partial charge < -0.3 is 9.64 Å². The van der Waals surface area contributed by atoms with Crippen molar-refractivity contribution in [1.82, 2.24) is 9.88 Å². The van der Waals surface area contributed by atoms with Gasteiger partial charge in [0.2, 0.25) is 0 Å². The fraction of sp³-hybridized carbons (Fsp3) is 0.269. The van der Waals surface area contributed by atoms with E-state index < -0.39 is 0 Å². The zero-order valence-corrected chi connectivity index (χ0v) is 20.3. The summed E-state index contributed by atoms with van der Waals surface area (Å²) < 4.78 is 6.14. The minimum atomic E-state index is -0.0529. The number of fused-ring (bicyclic) bond motifs is 1. The van der Waals surface area contributed by atoms with E-state index in [0.29, 0.717) is 29.0 Å². The highest BCUT2D eigenvalue weighted by atomic mass is 32.2. The van der Waals surface area contributed by atoms with Crippen LogP contribution in [0, 0.1) is 13.8 Å². The average Bonchev–Trinajstić information content (AvgIpc) is 3.08. The molecule has 2 fully saturated rings. The van der Waals surface area contributed by atoms with Crippen LogP contribution in [0.25, 0.3) is 17.0 Å². The zero-order chi connectivity index (χ0) is 22.9. The SMILES string of the molecule is Cc1ccc(CN2C(=O)/C(=C/c3cc4cccc(C)c4nc3N3CCOCC3)SC2=S)cc1. The first-order chi connectivity index (χ1) is 16.0. The predicted octanol–water partition coefficient (Wildman–Crippen LogP) is 5.09. The summed E-state index contributed by atoms with van der Waals surface area (Å²) >= 11 is 6.93. The van der Waals surface area contributed by atoms with E-state index in [1.165, 1.54) is 17.3 Å². The van der Waals surface area contributed by atoms with Crippen LogP contribution in [-0.4, -0.2) is 46.4 Å². The minimum absolute atomic E-state index is 0.0529. The molecule has 33 heavy (non-hydrogen) atoms. The fourth-order valence-electron chi connectivity index (χ4n) is 4.14. The Kier molecular flexibility index (Phi) is 6.19. The standard InChI is InChI=1S/C26H25N3O2S2/c1-17-6-8-19(9-7-17)16-29-25(30)22(33-26(29)32)15-21-14-20-5-3-4-18(2)23(20)27-24(21)28-10-12-31-13-11-28/h3-9,14-15H,10-13,16H2,1-2H3/b22-15-. The van der Waals surface area contributed by atoms with E-state index in [1.807, 2.05) is 24.3 Å². The third-order valence-corrected chi connectivity index (χ3v) is 7.37. The summed E-state index contributed by atoms with van der Waals surface area (Å²) in [7, 11) is 0. The molecule has 0 radical (unpaired) electrons. The Bertz CT molecular complexity index is 1260. The number of morpholine rings is 1. The highest BCUT2D eigenvalue weighted by Crippen LogP contribution is 2.36. The highest BCUT2D eigenvalue weighted by molar-refractivity contribution is 8.26. The van der Waals surface area contributed by atoms with Crippen LogP contribution in [0.5, 0.6) is 0 Å². The Balaban J connectivity index is 1.51. The number of anilines is 1. The molecule has 1 amide bonds. The van der Waals surface area contributed by atoms with Gasteiger partial charge in [0.1, 0.15) is 10.1 Å². The molecular weight excluding hydrogens is 450 g/mol. The molecule has 0 saturated carbocycles. The number of amides is 1. The number of para-hydroxylation sites is 1. The Morgan fingerprint density at radius 1 is 1.12 bits per heavy atom. The maximum absolute atomic E-state index is 13.3. The van der Waals surface area contributed by atoms with Crippen LogP contribution < -0.4 is 4.90 Å². The van der Waals surface area contributed by atoms with Gasteiger partial charge in [0.05, 0.1) is 30.2 Å². The Labute approximate surface area is 203 Å². The molecule has 0 N–H and O–H groups in total. The van der Waals surface area contributed by atoms with Crippen LogP contribution in [0.3, 0.4) is 0 Å². The average molecular weight is 476 g/mol. The van der Waals surface area contributed by atoms with Crippen molar-refractivity contribution < 1.29 is 9.53 Å². The molecule has 0 unspecified atom stereocenters. The molecule has 2 aliphatic heterocycles. The molecule has 5 rings (SSSR count). The molecular formula is C26H25N3O2S2. The topological polar surface area (TPSA) is 45.7 Å². The number of ether oxygens (including phenoxy) is 1. The number of thiocarbonyl (C=S) groups is 1.